The van der Waals surface area contributed by atoms with Crippen LogP contribution in [0.15, 0.2) is 48.5 Å². The van der Waals surface area contributed by atoms with Crippen LogP contribution in [0.25, 0.3) is 11.3 Å². The van der Waals surface area contributed by atoms with E-state index in [4.69, 9.17) is 4.74 Å². The van der Waals surface area contributed by atoms with Crippen molar-refractivity contribution < 1.29 is 9.53 Å². The van der Waals surface area contributed by atoms with Crippen molar-refractivity contribution >= 4 is 6.29 Å². The normalized spacial score (nSPS) is 12.0. The molecule has 0 atom stereocenters. The molecule has 112 valence electrons. The van der Waals surface area contributed by atoms with Gasteiger partial charge >= 0.3 is 0 Å². The lowest BCUT2D eigenvalue weighted by atomic mass is 10.0. The smallest absolute Gasteiger partial charge is 0.225 e. The molecule has 0 saturated heterocycles. The van der Waals surface area contributed by atoms with Gasteiger partial charge in [-0.2, -0.15) is 0 Å². The number of nitrogens with zero attached hydrogens (tertiary/aromatic N) is 2. The molecule has 4 heteroatoms. The Morgan fingerprint density at radius 1 is 0.913 bits per heavy atom. The molecule has 0 aliphatic carbocycles. The summed E-state index contributed by atoms with van der Waals surface area (Å²) in [4.78, 5) is 19.8. The fourth-order valence-electron chi connectivity index (χ4n) is 2.67. The highest BCUT2D eigenvalue weighted by molar-refractivity contribution is 5.76. The minimum absolute atomic E-state index is 0.604. The van der Waals surface area contributed by atoms with Crippen LogP contribution in [0.3, 0.4) is 0 Å². The maximum atomic E-state index is 10.7. The number of fused-ring (bicyclic) bond motifs is 2. The van der Waals surface area contributed by atoms with Crippen LogP contribution in [0.4, 0.5) is 0 Å². The summed E-state index contributed by atoms with van der Waals surface area (Å²) < 4.78 is 5.89. The zero-order chi connectivity index (χ0) is 15.8. The third-order valence-corrected chi connectivity index (χ3v) is 3.93. The molecule has 3 aromatic rings. The maximum Gasteiger partial charge on any atom is 0.225 e. The third kappa shape index (κ3) is 2.48. The number of aryl methyl sites for hydroxylation is 1. The molecular weight excluding hydrogens is 288 g/mol. The predicted molar refractivity (Wildman–Crippen MR) is 86.9 cm³/mol. The van der Waals surface area contributed by atoms with Crippen LogP contribution in [0.2, 0.25) is 0 Å². The molecule has 0 fully saturated rings. The summed E-state index contributed by atoms with van der Waals surface area (Å²) in [7, 11) is 0. The van der Waals surface area contributed by atoms with Gasteiger partial charge in [-0.15, -0.1) is 0 Å². The van der Waals surface area contributed by atoms with E-state index in [0.717, 1.165) is 40.8 Å². The first-order valence-corrected chi connectivity index (χ1v) is 7.43. The Bertz CT molecular complexity index is 902. The van der Waals surface area contributed by atoms with Crippen molar-refractivity contribution in [2.24, 2.45) is 0 Å². The van der Waals surface area contributed by atoms with E-state index in [1.165, 1.54) is 0 Å². The van der Waals surface area contributed by atoms with Crippen LogP contribution in [-0.2, 0) is 6.42 Å². The van der Waals surface area contributed by atoms with E-state index in [2.05, 4.69) is 9.97 Å². The summed E-state index contributed by atoms with van der Waals surface area (Å²) >= 11 is 0. The van der Waals surface area contributed by atoms with Gasteiger partial charge in [-0.3, -0.25) is 4.79 Å². The first kappa shape index (κ1) is 13.6. The molecule has 4 nitrogen and oxygen atoms in total. The Morgan fingerprint density at radius 3 is 2.35 bits per heavy atom. The van der Waals surface area contributed by atoms with Gasteiger partial charge in [-0.25, -0.2) is 9.97 Å². The van der Waals surface area contributed by atoms with Gasteiger partial charge in [0.2, 0.25) is 11.8 Å². The van der Waals surface area contributed by atoms with Gasteiger partial charge in [0.1, 0.15) is 6.29 Å². The van der Waals surface area contributed by atoms with E-state index >= 15 is 0 Å². The molecule has 0 saturated carbocycles. The van der Waals surface area contributed by atoms with Gasteiger partial charge in [0, 0.05) is 34.4 Å². The number of aromatic nitrogens is 2. The number of pyridine rings is 2. The quantitative estimate of drug-likeness (QED) is 0.526. The number of hydrogen-bond donors (Lipinski definition) is 0. The standard InChI is InChI=1S/C19H14N2O2/c1-12-2-5-15-10-16-8-9-17(21-19(16)23-18(15)20-12)14-6-3-13(11-22)4-7-14/h2-9,11H,10H2,1H3. The van der Waals surface area contributed by atoms with Gasteiger partial charge in [0.05, 0.1) is 5.69 Å². The molecule has 1 aliphatic heterocycles. The summed E-state index contributed by atoms with van der Waals surface area (Å²) in [5.74, 6) is 1.24. The predicted octanol–water partition coefficient (Wildman–Crippen LogP) is 3.96. The number of aldehydes is 1. The van der Waals surface area contributed by atoms with Crippen LogP contribution in [0.1, 0.15) is 27.2 Å². The van der Waals surface area contributed by atoms with Crippen LogP contribution in [-0.4, -0.2) is 16.3 Å². The maximum absolute atomic E-state index is 10.7. The van der Waals surface area contributed by atoms with E-state index < -0.39 is 0 Å². The molecule has 0 radical (unpaired) electrons. The lowest BCUT2D eigenvalue weighted by Gasteiger charge is -2.19. The highest BCUT2D eigenvalue weighted by atomic mass is 16.5. The highest BCUT2D eigenvalue weighted by Crippen LogP contribution is 2.35. The molecule has 0 N–H and O–H groups in total. The number of carbonyl (C=O) groups excluding carboxylic acids is 1. The van der Waals surface area contributed by atoms with E-state index in [1.807, 2.05) is 43.3 Å². The second kappa shape index (κ2) is 5.32. The van der Waals surface area contributed by atoms with Crippen molar-refractivity contribution in [2.75, 3.05) is 0 Å². The van der Waals surface area contributed by atoms with E-state index in [1.54, 1.807) is 12.1 Å². The Kier molecular flexibility index (Phi) is 3.15. The molecule has 4 rings (SSSR count). The van der Waals surface area contributed by atoms with E-state index in [-0.39, 0.29) is 0 Å². The molecule has 0 spiro atoms. The average molecular weight is 302 g/mol. The Hall–Kier alpha value is -3.01. The Morgan fingerprint density at radius 2 is 1.61 bits per heavy atom. The molecule has 1 aromatic carbocycles. The molecule has 23 heavy (non-hydrogen) atoms. The van der Waals surface area contributed by atoms with E-state index in [0.29, 0.717) is 17.3 Å². The zero-order valence-corrected chi connectivity index (χ0v) is 12.6. The van der Waals surface area contributed by atoms with Crippen molar-refractivity contribution in [3.63, 3.8) is 0 Å². The van der Waals surface area contributed by atoms with Crippen molar-refractivity contribution in [1.82, 2.24) is 9.97 Å². The molecule has 3 heterocycles. The topological polar surface area (TPSA) is 52.1 Å². The monoisotopic (exact) mass is 302 g/mol. The molecule has 0 unspecified atom stereocenters. The van der Waals surface area contributed by atoms with Crippen LogP contribution in [0.5, 0.6) is 11.8 Å². The third-order valence-electron chi connectivity index (χ3n) is 3.93. The average Bonchev–Trinajstić information content (AvgIpc) is 2.59. The number of ether oxygens (including phenoxy) is 1. The first-order chi connectivity index (χ1) is 11.2. The molecule has 1 aliphatic rings. The highest BCUT2D eigenvalue weighted by Gasteiger charge is 2.20. The zero-order valence-electron chi connectivity index (χ0n) is 12.6. The fraction of sp³-hybridized carbons (Fsp3) is 0.105. The van der Waals surface area contributed by atoms with Gasteiger partial charge in [-0.05, 0) is 19.1 Å². The molecular formula is C19H14N2O2. The number of benzene rings is 1. The van der Waals surface area contributed by atoms with Crippen LogP contribution in [0, 0.1) is 6.92 Å². The Labute approximate surface area is 133 Å². The summed E-state index contributed by atoms with van der Waals surface area (Å²) in [6, 6.07) is 15.4. The van der Waals surface area contributed by atoms with Gasteiger partial charge in [0.15, 0.2) is 0 Å². The lowest BCUT2D eigenvalue weighted by Crippen LogP contribution is -2.07. The second-order valence-corrected chi connectivity index (χ2v) is 5.60. The summed E-state index contributed by atoms with van der Waals surface area (Å²) in [6.45, 7) is 1.94. The molecule has 0 bridgehead atoms. The van der Waals surface area contributed by atoms with E-state index in [9.17, 15) is 4.79 Å². The lowest BCUT2D eigenvalue weighted by molar-refractivity contribution is 0.112. The van der Waals surface area contributed by atoms with Crippen LogP contribution < -0.4 is 4.74 Å². The SMILES string of the molecule is Cc1ccc2c(n1)Oc1nc(-c3ccc(C=O)cc3)ccc1C2. The largest absolute Gasteiger partial charge is 0.420 e. The summed E-state index contributed by atoms with van der Waals surface area (Å²) in [5.41, 5.74) is 5.47. The van der Waals surface area contributed by atoms with Crippen molar-refractivity contribution in [3.8, 4) is 23.0 Å². The van der Waals surface area contributed by atoms with Gasteiger partial charge in [0.25, 0.3) is 0 Å². The van der Waals surface area contributed by atoms with Crippen molar-refractivity contribution in [1.29, 1.82) is 0 Å². The summed E-state index contributed by atoms with van der Waals surface area (Å²) in [6.07, 6.45) is 1.60. The first-order valence-electron chi connectivity index (χ1n) is 7.43. The van der Waals surface area contributed by atoms with Gasteiger partial charge in [-0.1, -0.05) is 36.4 Å². The molecule has 0 amide bonds. The number of hydrogen-bond acceptors (Lipinski definition) is 4. The Balaban J connectivity index is 1.71. The minimum Gasteiger partial charge on any atom is -0.420 e. The van der Waals surface area contributed by atoms with Crippen LogP contribution >= 0.6 is 0 Å². The number of carbonyl (C=O) groups is 1. The van der Waals surface area contributed by atoms with Gasteiger partial charge < -0.3 is 4.74 Å². The van der Waals surface area contributed by atoms with Crippen molar-refractivity contribution in [3.05, 3.63) is 70.9 Å². The minimum atomic E-state index is 0.604. The molecule has 2 aromatic heterocycles. The van der Waals surface area contributed by atoms with Crippen molar-refractivity contribution in [2.45, 2.75) is 13.3 Å². The fourth-order valence-corrected chi connectivity index (χ4v) is 2.67. The second-order valence-electron chi connectivity index (χ2n) is 5.60. The number of rotatable bonds is 2. The summed E-state index contributed by atoms with van der Waals surface area (Å²) in [5, 5.41) is 0.